The van der Waals surface area contributed by atoms with Crippen LogP contribution in [0.2, 0.25) is 0 Å². The normalized spacial score (nSPS) is 19.1. The summed E-state index contributed by atoms with van der Waals surface area (Å²) in [5.41, 5.74) is 2.75. The predicted octanol–water partition coefficient (Wildman–Crippen LogP) is 2.08. The van der Waals surface area contributed by atoms with E-state index < -0.39 is 17.9 Å². The maximum absolute atomic E-state index is 13.0. The third-order valence-corrected chi connectivity index (χ3v) is 4.79. The number of benzene rings is 1. The first kappa shape index (κ1) is 17.0. The Bertz CT molecular complexity index is 955. The zero-order chi connectivity index (χ0) is 19.0. The van der Waals surface area contributed by atoms with Gasteiger partial charge in [0.1, 0.15) is 6.04 Å². The van der Waals surface area contributed by atoms with Crippen molar-refractivity contribution in [3.63, 3.8) is 0 Å². The largest absolute Gasteiger partial charge is 0.380 e. The number of fused-ring (bicyclic) bond motifs is 1. The van der Waals surface area contributed by atoms with Crippen LogP contribution in [0.15, 0.2) is 55.0 Å². The molecule has 7 heteroatoms. The van der Waals surface area contributed by atoms with E-state index in [0.717, 1.165) is 10.5 Å². The summed E-state index contributed by atoms with van der Waals surface area (Å²) in [5, 5.41) is 5.83. The first-order valence-electron chi connectivity index (χ1n) is 8.68. The van der Waals surface area contributed by atoms with Gasteiger partial charge in [-0.1, -0.05) is 18.7 Å². The van der Waals surface area contributed by atoms with E-state index in [1.807, 2.05) is 12.1 Å². The lowest BCUT2D eigenvalue weighted by atomic mass is 10.0. The molecule has 2 N–H and O–H groups in total. The molecule has 0 radical (unpaired) electrons. The topological polar surface area (TPSA) is 91.4 Å². The Balaban J connectivity index is 1.61. The van der Waals surface area contributed by atoms with Gasteiger partial charge in [-0.05, 0) is 36.6 Å². The summed E-state index contributed by atoms with van der Waals surface area (Å²) >= 11 is 0. The number of nitrogens with zero attached hydrogens (tertiary/aromatic N) is 2. The molecule has 27 heavy (non-hydrogen) atoms. The molecular weight excluding hydrogens is 344 g/mol. The van der Waals surface area contributed by atoms with Crippen molar-refractivity contribution >= 4 is 23.4 Å². The van der Waals surface area contributed by atoms with Crippen LogP contribution >= 0.6 is 0 Å². The van der Waals surface area contributed by atoms with E-state index >= 15 is 0 Å². The predicted molar refractivity (Wildman–Crippen MR) is 98.8 cm³/mol. The van der Waals surface area contributed by atoms with Crippen molar-refractivity contribution in [1.29, 1.82) is 0 Å². The molecule has 1 aromatic carbocycles. The highest BCUT2D eigenvalue weighted by molar-refractivity contribution is 6.25. The van der Waals surface area contributed by atoms with Crippen LogP contribution in [-0.4, -0.2) is 33.6 Å². The van der Waals surface area contributed by atoms with Crippen LogP contribution in [-0.2, 0) is 11.3 Å². The number of pyridine rings is 1. The number of piperidine rings is 1. The fourth-order valence-corrected chi connectivity index (χ4v) is 3.44. The first-order valence-corrected chi connectivity index (χ1v) is 8.68. The highest BCUT2D eigenvalue weighted by Crippen LogP contribution is 2.33. The summed E-state index contributed by atoms with van der Waals surface area (Å²) in [6.07, 6.45) is 4.34. The van der Waals surface area contributed by atoms with Crippen LogP contribution in [0.3, 0.4) is 0 Å². The number of hydrogen-bond acceptors (Lipinski definition) is 5. The van der Waals surface area contributed by atoms with Crippen LogP contribution in [0, 0.1) is 0 Å². The number of imide groups is 1. The van der Waals surface area contributed by atoms with Gasteiger partial charge in [-0.2, -0.15) is 0 Å². The minimum Gasteiger partial charge on any atom is -0.380 e. The Morgan fingerprint density at radius 2 is 2.04 bits per heavy atom. The summed E-state index contributed by atoms with van der Waals surface area (Å²) < 4.78 is 0. The Kier molecular flexibility index (Phi) is 4.19. The monoisotopic (exact) mass is 362 g/mol. The number of anilines is 1. The molecule has 0 spiro atoms. The molecular formula is C20H18N4O3. The number of carbonyl (C=O) groups is 3. The molecule has 0 bridgehead atoms. The molecule has 1 unspecified atom stereocenters. The molecule has 1 aromatic heterocycles. The van der Waals surface area contributed by atoms with Crippen LogP contribution in [0.25, 0.3) is 0 Å². The molecule has 3 amide bonds. The summed E-state index contributed by atoms with van der Waals surface area (Å²) in [6, 6.07) is 8.04. The lowest BCUT2D eigenvalue weighted by Gasteiger charge is -2.29. The van der Waals surface area contributed by atoms with E-state index in [1.54, 1.807) is 30.6 Å². The molecule has 1 fully saturated rings. The van der Waals surface area contributed by atoms with Crippen molar-refractivity contribution in [3.05, 3.63) is 71.7 Å². The second-order valence-electron chi connectivity index (χ2n) is 6.57. The molecule has 1 atom stereocenters. The zero-order valence-electron chi connectivity index (χ0n) is 14.6. The third kappa shape index (κ3) is 2.97. The molecule has 136 valence electrons. The van der Waals surface area contributed by atoms with Crippen molar-refractivity contribution in [1.82, 2.24) is 15.2 Å². The van der Waals surface area contributed by atoms with Gasteiger partial charge in [-0.15, -0.1) is 0 Å². The Morgan fingerprint density at radius 3 is 2.78 bits per heavy atom. The number of aromatic nitrogens is 1. The molecule has 1 saturated heterocycles. The van der Waals surface area contributed by atoms with E-state index in [1.165, 1.54) is 0 Å². The number of hydrogen-bond donors (Lipinski definition) is 2. The number of nitrogens with one attached hydrogen (secondary N) is 2. The second kappa shape index (κ2) is 6.68. The number of allylic oxidation sites excluding steroid dienone is 1. The fraction of sp³-hybridized carbons (Fsp3) is 0.200. The molecule has 7 nitrogen and oxygen atoms in total. The van der Waals surface area contributed by atoms with Gasteiger partial charge in [-0.3, -0.25) is 24.3 Å². The van der Waals surface area contributed by atoms with Gasteiger partial charge in [0, 0.05) is 30.3 Å². The van der Waals surface area contributed by atoms with Crippen molar-refractivity contribution in [2.75, 3.05) is 5.32 Å². The van der Waals surface area contributed by atoms with Crippen LogP contribution < -0.4 is 10.6 Å². The highest BCUT2D eigenvalue weighted by atomic mass is 16.2. The molecule has 4 rings (SSSR count). The number of carbonyl (C=O) groups excluding carboxylic acids is 3. The molecule has 2 aromatic rings. The van der Waals surface area contributed by atoms with E-state index in [4.69, 9.17) is 0 Å². The van der Waals surface area contributed by atoms with E-state index in [-0.39, 0.29) is 5.91 Å². The van der Waals surface area contributed by atoms with Gasteiger partial charge in [0.05, 0.1) is 11.1 Å². The van der Waals surface area contributed by atoms with Gasteiger partial charge >= 0.3 is 0 Å². The fourth-order valence-electron chi connectivity index (χ4n) is 3.44. The van der Waals surface area contributed by atoms with E-state index in [9.17, 15) is 14.4 Å². The van der Waals surface area contributed by atoms with E-state index in [0.29, 0.717) is 41.9 Å². The van der Waals surface area contributed by atoms with Crippen molar-refractivity contribution < 1.29 is 14.4 Å². The van der Waals surface area contributed by atoms with Gasteiger partial charge in [0.2, 0.25) is 5.91 Å². The Labute approximate surface area is 156 Å². The van der Waals surface area contributed by atoms with Gasteiger partial charge in [0.15, 0.2) is 0 Å². The maximum atomic E-state index is 13.0. The molecule has 2 aliphatic heterocycles. The molecule has 2 aliphatic rings. The van der Waals surface area contributed by atoms with Crippen molar-refractivity contribution in [2.24, 2.45) is 0 Å². The SMILES string of the molecule is C=C1CCC(N2C(=O)c3cccc(NCc4cccnc4)c3C2=O)C(=O)N1. The number of rotatable bonds is 4. The lowest BCUT2D eigenvalue weighted by Crippen LogP contribution is -2.51. The third-order valence-electron chi connectivity index (χ3n) is 4.79. The standard InChI is InChI=1S/C20H18N4O3/c1-12-7-8-16(18(25)23-12)24-19(26)14-5-2-6-15(17(14)20(24)27)22-11-13-4-3-9-21-10-13/h2-6,9-10,16,22H,1,7-8,11H2,(H,23,25). The molecule has 0 saturated carbocycles. The average Bonchev–Trinajstić information content (AvgIpc) is 2.93. The zero-order valence-corrected chi connectivity index (χ0v) is 14.6. The average molecular weight is 362 g/mol. The van der Waals surface area contributed by atoms with Gasteiger partial charge < -0.3 is 10.6 Å². The Morgan fingerprint density at radius 1 is 1.19 bits per heavy atom. The summed E-state index contributed by atoms with van der Waals surface area (Å²) in [4.78, 5) is 43.3. The summed E-state index contributed by atoms with van der Waals surface area (Å²) in [5.74, 6) is -1.25. The minimum atomic E-state index is -0.811. The van der Waals surface area contributed by atoms with E-state index in [2.05, 4.69) is 22.2 Å². The van der Waals surface area contributed by atoms with Crippen molar-refractivity contribution in [3.8, 4) is 0 Å². The van der Waals surface area contributed by atoms with Gasteiger partial charge in [-0.25, -0.2) is 0 Å². The highest BCUT2D eigenvalue weighted by Gasteiger charge is 2.44. The van der Waals surface area contributed by atoms with Gasteiger partial charge in [0.25, 0.3) is 11.8 Å². The minimum absolute atomic E-state index is 0.309. The smallest absolute Gasteiger partial charge is 0.264 e. The van der Waals surface area contributed by atoms with Crippen LogP contribution in [0.5, 0.6) is 0 Å². The number of amides is 3. The quantitative estimate of drug-likeness (QED) is 0.813. The Hall–Kier alpha value is -3.48. The lowest BCUT2D eigenvalue weighted by molar-refractivity contribution is -0.125. The molecule has 3 heterocycles. The van der Waals surface area contributed by atoms with Crippen LogP contribution in [0.4, 0.5) is 5.69 Å². The summed E-state index contributed by atoms with van der Waals surface area (Å²) in [6.45, 7) is 4.20. The van der Waals surface area contributed by atoms with Crippen LogP contribution in [0.1, 0.15) is 39.1 Å². The maximum Gasteiger partial charge on any atom is 0.264 e. The first-order chi connectivity index (χ1) is 13.1. The summed E-state index contributed by atoms with van der Waals surface area (Å²) in [7, 11) is 0. The second-order valence-corrected chi connectivity index (χ2v) is 6.57. The molecule has 0 aliphatic carbocycles. The van der Waals surface area contributed by atoms with Crippen molar-refractivity contribution in [2.45, 2.75) is 25.4 Å².